The maximum absolute atomic E-state index is 5.94. The molecule has 0 saturated carbocycles. The first kappa shape index (κ1) is 8.27. The van der Waals surface area contributed by atoms with Crippen molar-refractivity contribution in [3.05, 3.63) is 17.0 Å². The van der Waals surface area contributed by atoms with E-state index in [1.807, 2.05) is 27.7 Å². The largest absolute Gasteiger partial charge is 0.322 e. The molecule has 0 saturated heterocycles. The van der Waals surface area contributed by atoms with Crippen LogP contribution in [0.3, 0.4) is 0 Å². The van der Waals surface area contributed by atoms with Gasteiger partial charge in [-0.15, -0.1) is 0 Å². The average Bonchev–Trinajstić information content (AvgIpc) is 2.08. The monoisotopic (exact) mass is 153 g/mol. The van der Waals surface area contributed by atoms with Crippen LogP contribution in [0.5, 0.6) is 0 Å². The SMILES string of the molecule is Cc1n[nH]c(C)c1C(C)(C)N. The van der Waals surface area contributed by atoms with E-state index in [0.29, 0.717) is 0 Å². The number of aryl methyl sites for hydroxylation is 2. The number of H-pyrrole nitrogens is 1. The highest BCUT2D eigenvalue weighted by molar-refractivity contribution is 5.29. The highest BCUT2D eigenvalue weighted by atomic mass is 15.1. The second-order valence-electron chi connectivity index (χ2n) is 3.53. The lowest BCUT2D eigenvalue weighted by Crippen LogP contribution is -2.29. The van der Waals surface area contributed by atoms with Gasteiger partial charge in [-0.3, -0.25) is 5.10 Å². The summed E-state index contributed by atoms with van der Waals surface area (Å²) >= 11 is 0. The maximum Gasteiger partial charge on any atom is 0.0644 e. The average molecular weight is 153 g/mol. The summed E-state index contributed by atoms with van der Waals surface area (Å²) in [5.41, 5.74) is 8.84. The van der Waals surface area contributed by atoms with E-state index in [1.54, 1.807) is 0 Å². The Hall–Kier alpha value is -0.830. The van der Waals surface area contributed by atoms with Gasteiger partial charge in [-0.05, 0) is 27.7 Å². The number of nitrogens with two attached hydrogens (primary N) is 1. The second-order valence-corrected chi connectivity index (χ2v) is 3.53. The quantitative estimate of drug-likeness (QED) is 0.637. The number of nitrogens with zero attached hydrogens (tertiary/aromatic N) is 1. The van der Waals surface area contributed by atoms with Gasteiger partial charge >= 0.3 is 0 Å². The van der Waals surface area contributed by atoms with E-state index in [9.17, 15) is 0 Å². The van der Waals surface area contributed by atoms with Gasteiger partial charge in [-0.25, -0.2) is 0 Å². The third-order valence-corrected chi connectivity index (χ3v) is 1.77. The first-order chi connectivity index (χ1) is 4.93. The molecule has 0 aromatic carbocycles. The van der Waals surface area contributed by atoms with Crippen molar-refractivity contribution in [2.24, 2.45) is 5.73 Å². The van der Waals surface area contributed by atoms with Gasteiger partial charge in [0.15, 0.2) is 0 Å². The van der Waals surface area contributed by atoms with E-state index in [4.69, 9.17) is 5.73 Å². The van der Waals surface area contributed by atoms with Crippen LogP contribution in [-0.2, 0) is 5.54 Å². The predicted octanol–water partition coefficient (Wildman–Crippen LogP) is 1.22. The number of rotatable bonds is 1. The Morgan fingerprint density at radius 1 is 1.36 bits per heavy atom. The molecule has 0 radical (unpaired) electrons. The van der Waals surface area contributed by atoms with Crippen LogP contribution in [0.4, 0.5) is 0 Å². The van der Waals surface area contributed by atoms with Crippen molar-refractivity contribution in [1.29, 1.82) is 0 Å². The molecule has 3 nitrogen and oxygen atoms in total. The van der Waals surface area contributed by atoms with E-state index >= 15 is 0 Å². The molecule has 0 spiro atoms. The zero-order chi connectivity index (χ0) is 8.65. The fourth-order valence-corrected chi connectivity index (χ4v) is 1.50. The van der Waals surface area contributed by atoms with Crippen molar-refractivity contribution in [2.45, 2.75) is 33.2 Å². The van der Waals surface area contributed by atoms with Crippen LogP contribution in [0.25, 0.3) is 0 Å². The summed E-state index contributed by atoms with van der Waals surface area (Å²) in [6.07, 6.45) is 0. The molecule has 3 N–H and O–H groups in total. The molecule has 0 atom stereocenters. The van der Waals surface area contributed by atoms with Crippen molar-refractivity contribution >= 4 is 0 Å². The first-order valence-corrected chi connectivity index (χ1v) is 3.74. The molecule has 11 heavy (non-hydrogen) atoms. The van der Waals surface area contributed by atoms with Crippen LogP contribution in [0.1, 0.15) is 30.8 Å². The molecule has 0 fully saturated rings. The van der Waals surface area contributed by atoms with Gasteiger partial charge in [-0.2, -0.15) is 5.10 Å². The third-order valence-electron chi connectivity index (χ3n) is 1.77. The Morgan fingerprint density at radius 2 is 1.91 bits per heavy atom. The fraction of sp³-hybridized carbons (Fsp3) is 0.625. The molecule has 1 aromatic heterocycles. The summed E-state index contributed by atoms with van der Waals surface area (Å²) in [6.45, 7) is 7.92. The smallest absolute Gasteiger partial charge is 0.0644 e. The maximum atomic E-state index is 5.94. The summed E-state index contributed by atoms with van der Waals surface area (Å²) in [5, 5.41) is 6.99. The molecule has 62 valence electrons. The lowest BCUT2D eigenvalue weighted by atomic mass is 9.94. The molecular formula is C8H15N3. The minimum atomic E-state index is -0.291. The molecule has 3 heteroatoms. The van der Waals surface area contributed by atoms with Gasteiger partial charge in [0.1, 0.15) is 0 Å². The van der Waals surface area contributed by atoms with Crippen LogP contribution in [0.2, 0.25) is 0 Å². The summed E-state index contributed by atoms with van der Waals surface area (Å²) in [4.78, 5) is 0. The fourth-order valence-electron chi connectivity index (χ4n) is 1.50. The van der Waals surface area contributed by atoms with Crippen LogP contribution in [-0.4, -0.2) is 10.2 Å². The van der Waals surface area contributed by atoms with Gasteiger partial charge in [0.05, 0.1) is 5.69 Å². The summed E-state index contributed by atoms with van der Waals surface area (Å²) in [7, 11) is 0. The van der Waals surface area contributed by atoms with E-state index in [-0.39, 0.29) is 5.54 Å². The molecule has 1 heterocycles. The van der Waals surface area contributed by atoms with Crippen LogP contribution in [0.15, 0.2) is 0 Å². The number of aromatic nitrogens is 2. The second kappa shape index (κ2) is 2.34. The highest BCUT2D eigenvalue weighted by Gasteiger charge is 2.20. The van der Waals surface area contributed by atoms with Crippen LogP contribution >= 0.6 is 0 Å². The molecule has 0 bridgehead atoms. The summed E-state index contributed by atoms with van der Waals surface area (Å²) < 4.78 is 0. The zero-order valence-electron chi connectivity index (χ0n) is 7.52. The normalized spacial score (nSPS) is 12.1. The minimum Gasteiger partial charge on any atom is -0.322 e. The Labute approximate surface area is 67.0 Å². The number of hydrogen-bond acceptors (Lipinski definition) is 2. The van der Waals surface area contributed by atoms with E-state index in [0.717, 1.165) is 17.0 Å². The van der Waals surface area contributed by atoms with Crippen LogP contribution in [0, 0.1) is 13.8 Å². The predicted molar refractivity (Wildman–Crippen MR) is 45.3 cm³/mol. The molecule has 0 aliphatic carbocycles. The van der Waals surface area contributed by atoms with Gasteiger partial charge in [0.2, 0.25) is 0 Å². The van der Waals surface area contributed by atoms with Crippen molar-refractivity contribution < 1.29 is 0 Å². The Kier molecular flexibility index (Phi) is 1.76. The van der Waals surface area contributed by atoms with E-state index in [2.05, 4.69) is 10.2 Å². The van der Waals surface area contributed by atoms with Gasteiger partial charge in [-0.1, -0.05) is 0 Å². The lowest BCUT2D eigenvalue weighted by Gasteiger charge is -2.18. The lowest BCUT2D eigenvalue weighted by molar-refractivity contribution is 0.547. The first-order valence-electron chi connectivity index (χ1n) is 3.74. The third kappa shape index (κ3) is 1.43. The highest BCUT2D eigenvalue weighted by Crippen LogP contribution is 2.21. The zero-order valence-corrected chi connectivity index (χ0v) is 7.52. The van der Waals surface area contributed by atoms with Gasteiger partial charge < -0.3 is 5.73 Å². The van der Waals surface area contributed by atoms with E-state index < -0.39 is 0 Å². The van der Waals surface area contributed by atoms with Crippen molar-refractivity contribution in [3.8, 4) is 0 Å². The number of hydrogen-bond donors (Lipinski definition) is 2. The molecule has 0 amide bonds. The Bertz CT molecular complexity index is 235. The van der Waals surface area contributed by atoms with Crippen molar-refractivity contribution in [1.82, 2.24) is 10.2 Å². The minimum absolute atomic E-state index is 0.291. The van der Waals surface area contributed by atoms with E-state index in [1.165, 1.54) is 0 Å². The van der Waals surface area contributed by atoms with Gasteiger partial charge in [0.25, 0.3) is 0 Å². The van der Waals surface area contributed by atoms with Crippen molar-refractivity contribution in [2.75, 3.05) is 0 Å². The number of aromatic amines is 1. The molecular weight excluding hydrogens is 138 g/mol. The molecule has 0 aliphatic rings. The summed E-state index contributed by atoms with van der Waals surface area (Å²) in [5.74, 6) is 0. The number of nitrogens with one attached hydrogen (secondary N) is 1. The van der Waals surface area contributed by atoms with Gasteiger partial charge in [0, 0.05) is 16.8 Å². The van der Waals surface area contributed by atoms with Crippen LogP contribution < -0.4 is 5.73 Å². The topological polar surface area (TPSA) is 54.7 Å². The molecule has 0 aliphatic heterocycles. The molecule has 0 unspecified atom stereocenters. The Balaban J connectivity index is 3.21. The Morgan fingerprint density at radius 3 is 2.09 bits per heavy atom. The standard InChI is InChI=1S/C8H15N3/c1-5-7(8(3,4)9)6(2)11-10-5/h9H2,1-4H3,(H,10,11). The molecule has 1 aromatic rings. The molecule has 1 rings (SSSR count). The van der Waals surface area contributed by atoms with Crippen molar-refractivity contribution in [3.63, 3.8) is 0 Å². The summed E-state index contributed by atoms with van der Waals surface area (Å²) in [6, 6.07) is 0.